The van der Waals surface area contributed by atoms with E-state index in [1.54, 1.807) is 0 Å². The van der Waals surface area contributed by atoms with Crippen molar-refractivity contribution in [1.82, 2.24) is 5.32 Å². The van der Waals surface area contributed by atoms with Gasteiger partial charge in [0.1, 0.15) is 12.2 Å². The normalized spacial score (nSPS) is 13.9. The van der Waals surface area contributed by atoms with Crippen molar-refractivity contribution in [3.8, 4) is 0 Å². The zero-order chi connectivity index (χ0) is 51.6. The molecule has 0 aromatic heterocycles. The number of nitrogens with one attached hydrogen (secondary N) is 1. The average molecular weight is 999 g/mol. The summed E-state index contributed by atoms with van der Waals surface area (Å²) < 4.78 is 0. The molecule has 0 aromatic carbocycles. The van der Waals surface area contributed by atoms with Crippen LogP contribution in [0.15, 0.2) is 48.6 Å². The molecular formula is C65H123NO5. The molecule has 5 N–H and O–H groups in total. The molecule has 0 radical (unpaired) electrons. The van der Waals surface area contributed by atoms with E-state index in [1.165, 1.54) is 244 Å². The summed E-state index contributed by atoms with van der Waals surface area (Å²) in [6.45, 7) is 4.08. The molecule has 0 fully saturated rings. The van der Waals surface area contributed by atoms with E-state index < -0.39 is 36.9 Å². The number of amides is 1. The SMILES string of the molecule is CCCCCCCCCCCCCC/C=C\CCCCCCCCCCCC(O)C(=O)NC(CO)C(O)C(O)CCC/C=C/CC/C=C/CC/C=C/CCCCCCCCCCCCCCCCCCC. The van der Waals surface area contributed by atoms with Gasteiger partial charge in [-0.3, -0.25) is 4.79 Å². The predicted molar refractivity (Wildman–Crippen MR) is 311 cm³/mol. The quantitative estimate of drug-likeness (QED) is 0.0308. The molecule has 0 aliphatic rings. The standard InChI is InChI=1S/C65H123NO5/c1-3-5-7-9-11-13-15-17-19-21-23-25-27-29-30-31-32-33-35-36-38-40-42-44-46-48-50-52-54-56-58-62(68)64(70)61(60-67)66-65(71)63(69)59-57-55-53-51-49-47-45-43-41-39-37-34-28-26-24-22-20-18-16-14-12-10-8-6-4-2/h34-37,42,44,50,52,61-64,67-70H,3-33,38-41,43,45-49,51,53-60H2,1-2H3,(H,66,71)/b36-35+,37-34-,44-42+,52-50+. The monoisotopic (exact) mass is 998 g/mol. The van der Waals surface area contributed by atoms with Crippen LogP contribution in [0.3, 0.4) is 0 Å². The van der Waals surface area contributed by atoms with Crippen molar-refractivity contribution in [2.45, 2.75) is 353 Å². The Labute approximate surface area is 442 Å². The van der Waals surface area contributed by atoms with Crippen LogP contribution in [0, 0.1) is 0 Å². The maximum Gasteiger partial charge on any atom is 0.249 e. The van der Waals surface area contributed by atoms with Gasteiger partial charge in [0.15, 0.2) is 0 Å². The van der Waals surface area contributed by atoms with Crippen LogP contribution in [0.5, 0.6) is 0 Å². The lowest BCUT2D eigenvalue weighted by Crippen LogP contribution is -2.53. The molecule has 0 spiro atoms. The highest BCUT2D eigenvalue weighted by Crippen LogP contribution is 2.18. The van der Waals surface area contributed by atoms with Crippen LogP contribution < -0.4 is 5.32 Å². The third-order valence-corrected chi connectivity index (χ3v) is 14.7. The highest BCUT2D eigenvalue weighted by atomic mass is 16.3. The number of hydrogen-bond donors (Lipinski definition) is 5. The number of rotatable bonds is 58. The van der Waals surface area contributed by atoms with Gasteiger partial charge < -0.3 is 25.7 Å². The van der Waals surface area contributed by atoms with Gasteiger partial charge in [0.05, 0.1) is 18.8 Å². The Kier molecular flexibility index (Phi) is 57.7. The Bertz CT molecular complexity index is 1170. The van der Waals surface area contributed by atoms with Crippen LogP contribution in [0.2, 0.25) is 0 Å². The van der Waals surface area contributed by atoms with Crippen LogP contribution in [0.1, 0.15) is 328 Å². The smallest absolute Gasteiger partial charge is 0.249 e. The van der Waals surface area contributed by atoms with E-state index in [9.17, 15) is 25.2 Å². The molecule has 0 heterocycles. The first-order valence-corrected chi connectivity index (χ1v) is 31.5. The van der Waals surface area contributed by atoms with Gasteiger partial charge >= 0.3 is 0 Å². The Hall–Kier alpha value is -1.73. The molecule has 6 heteroatoms. The minimum atomic E-state index is -1.30. The van der Waals surface area contributed by atoms with Crippen molar-refractivity contribution in [3.63, 3.8) is 0 Å². The third-order valence-electron chi connectivity index (χ3n) is 14.7. The molecular weight excluding hydrogens is 875 g/mol. The fourth-order valence-corrected chi connectivity index (χ4v) is 9.79. The molecule has 0 aromatic rings. The van der Waals surface area contributed by atoms with Crippen molar-refractivity contribution in [3.05, 3.63) is 48.6 Å². The summed E-state index contributed by atoms with van der Waals surface area (Å²) in [4.78, 5) is 12.6. The van der Waals surface area contributed by atoms with Gasteiger partial charge in [0, 0.05) is 0 Å². The first-order chi connectivity index (χ1) is 35.0. The lowest BCUT2D eigenvalue weighted by molar-refractivity contribution is -0.132. The van der Waals surface area contributed by atoms with Crippen molar-refractivity contribution < 1.29 is 25.2 Å². The van der Waals surface area contributed by atoms with Gasteiger partial charge in [0.2, 0.25) is 5.91 Å². The fraction of sp³-hybridized carbons (Fsp3) is 0.862. The van der Waals surface area contributed by atoms with Gasteiger partial charge in [0.25, 0.3) is 0 Å². The molecule has 0 aliphatic carbocycles. The van der Waals surface area contributed by atoms with Crippen LogP contribution in [-0.2, 0) is 4.79 Å². The number of hydrogen-bond acceptors (Lipinski definition) is 5. The maximum atomic E-state index is 12.6. The summed E-state index contributed by atoms with van der Waals surface area (Å²) in [7, 11) is 0. The highest BCUT2D eigenvalue weighted by Gasteiger charge is 2.28. The first-order valence-electron chi connectivity index (χ1n) is 31.5. The van der Waals surface area contributed by atoms with E-state index in [-0.39, 0.29) is 0 Å². The molecule has 418 valence electrons. The van der Waals surface area contributed by atoms with Crippen molar-refractivity contribution in [2.24, 2.45) is 0 Å². The predicted octanol–water partition coefficient (Wildman–Crippen LogP) is 18.9. The van der Waals surface area contributed by atoms with Crippen LogP contribution in [0.25, 0.3) is 0 Å². The van der Waals surface area contributed by atoms with Gasteiger partial charge in [-0.2, -0.15) is 0 Å². The van der Waals surface area contributed by atoms with E-state index in [4.69, 9.17) is 0 Å². The first kappa shape index (κ1) is 69.3. The largest absolute Gasteiger partial charge is 0.394 e. The zero-order valence-corrected chi connectivity index (χ0v) is 47.5. The van der Waals surface area contributed by atoms with E-state index in [2.05, 4.69) is 67.8 Å². The van der Waals surface area contributed by atoms with Crippen LogP contribution >= 0.6 is 0 Å². The minimum absolute atomic E-state index is 0.356. The number of allylic oxidation sites excluding steroid dienone is 8. The van der Waals surface area contributed by atoms with E-state index >= 15 is 0 Å². The second-order valence-electron chi connectivity index (χ2n) is 21.7. The Morgan fingerprint density at radius 2 is 0.592 bits per heavy atom. The molecule has 4 unspecified atom stereocenters. The number of aliphatic hydroxyl groups excluding tert-OH is 4. The Morgan fingerprint density at radius 3 is 0.887 bits per heavy atom. The number of carbonyl (C=O) groups excluding carboxylic acids is 1. The number of unbranched alkanes of at least 4 members (excludes halogenated alkanes) is 41. The zero-order valence-electron chi connectivity index (χ0n) is 47.5. The van der Waals surface area contributed by atoms with Crippen molar-refractivity contribution in [2.75, 3.05) is 6.61 Å². The fourth-order valence-electron chi connectivity index (χ4n) is 9.79. The average Bonchev–Trinajstić information content (AvgIpc) is 3.38. The summed E-state index contributed by atoms with van der Waals surface area (Å²) in [6, 6.07) is -1.02. The molecule has 0 rings (SSSR count). The summed E-state index contributed by atoms with van der Waals surface area (Å²) in [5, 5.41) is 44.1. The number of carbonyl (C=O) groups is 1. The lowest BCUT2D eigenvalue weighted by Gasteiger charge is -2.27. The van der Waals surface area contributed by atoms with Crippen molar-refractivity contribution in [1.29, 1.82) is 0 Å². The van der Waals surface area contributed by atoms with E-state index in [1.807, 2.05) is 0 Å². The van der Waals surface area contributed by atoms with Gasteiger partial charge in [-0.05, 0) is 89.9 Å². The van der Waals surface area contributed by atoms with Gasteiger partial charge in [-0.1, -0.05) is 287 Å². The molecule has 0 bridgehead atoms. The topological polar surface area (TPSA) is 110 Å². The van der Waals surface area contributed by atoms with Crippen LogP contribution in [0.4, 0.5) is 0 Å². The Balaban J connectivity index is 3.67. The Morgan fingerprint density at radius 1 is 0.338 bits per heavy atom. The third kappa shape index (κ3) is 52.9. The van der Waals surface area contributed by atoms with E-state index in [0.29, 0.717) is 19.3 Å². The molecule has 0 aliphatic heterocycles. The molecule has 6 nitrogen and oxygen atoms in total. The summed E-state index contributed by atoms with van der Waals surface area (Å²) >= 11 is 0. The summed E-state index contributed by atoms with van der Waals surface area (Å²) in [6.07, 6.45) is 76.4. The summed E-state index contributed by atoms with van der Waals surface area (Å²) in [5.41, 5.74) is 0. The van der Waals surface area contributed by atoms with Crippen LogP contribution in [-0.4, -0.2) is 57.3 Å². The number of aliphatic hydroxyl groups is 4. The molecule has 4 atom stereocenters. The molecule has 0 saturated carbocycles. The second kappa shape index (κ2) is 59.2. The highest BCUT2D eigenvalue weighted by molar-refractivity contribution is 5.80. The van der Waals surface area contributed by atoms with Gasteiger partial charge in [-0.25, -0.2) is 0 Å². The van der Waals surface area contributed by atoms with Gasteiger partial charge in [-0.15, -0.1) is 0 Å². The maximum absolute atomic E-state index is 12.6. The molecule has 71 heavy (non-hydrogen) atoms. The second-order valence-corrected chi connectivity index (χ2v) is 21.7. The van der Waals surface area contributed by atoms with Crippen molar-refractivity contribution >= 4 is 5.91 Å². The molecule has 0 saturated heterocycles. The molecule has 1 amide bonds. The van der Waals surface area contributed by atoms with E-state index in [0.717, 1.165) is 51.4 Å². The summed E-state index contributed by atoms with van der Waals surface area (Å²) in [5.74, 6) is -0.598. The lowest BCUT2D eigenvalue weighted by atomic mass is 10.00. The minimum Gasteiger partial charge on any atom is -0.394 e.